The fraction of sp³-hybridized carbons (Fsp3) is 0.171. The summed E-state index contributed by atoms with van der Waals surface area (Å²) >= 11 is 0. The van der Waals surface area contributed by atoms with E-state index >= 15 is 0 Å². The van der Waals surface area contributed by atoms with E-state index in [2.05, 4.69) is 10.3 Å². The van der Waals surface area contributed by atoms with Crippen LogP contribution in [0.2, 0.25) is 0 Å². The lowest BCUT2D eigenvalue weighted by molar-refractivity contribution is -0.120. The van der Waals surface area contributed by atoms with Crippen LogP contribution in [0, 0.1) is 6.92 Å². The van der Waals surface area contributed by atoms with Crippen molar-refractivity contribution in [3.05, 3.63) is 131 Å². The Kier molecular flexibility index (Phi) is 6.46. The van der Waals surface area contributed by atoms with Crippen molar-refractivity contribution in [2.75, 3.05) is 12.0 Å². The van der Waals surface area contributed by atoms with Crippen LogP contribution in [0.1, 0.15) is 44.3 Å². The molecular formula is C35H30N4O4. The number of hydrogen-bond acceptors (Lipinski definition) is 4. The van der Waals surface area contributed by atoms with Crippen LogP contribution in [-0.2, 0) is 17.8 Å². The van der Waals surface area contributed by atoms with Gasteiger partial charge in [-0.3, -0.25) is 14.5 Å². The molecule has 1 aromatic heterocycles. The van der Waals surface area contributed by atoms with Crippen LogP contribution < -0.4 is 15.0 Å². The van der Waals surface area contributed by atoms with Crippen molar-refractivity contribution in [2.24, 2.45) is 0 Å². The molecule has 4 aromatic carbocycles. The van der Waals surface area contributed by atoms with E-state index in [-0.39, 0.29) is 29.6 Å². The number of aryl methyl sites for hydroxylation is 1. The predicted octanol–water partition coefficient (Wildman–Crippen LogP) is 5.90. The van der Waals surface area contributed by atoms with E-state index in [1.54, 1.807) is 36.3 Å². The maximum Gasteiger partial charge on any atom is 0.332 e. The SMILES string of the molecule is COc1ccc(CNC(=O)c2ccccc2N2C(=O)[C@@H]3Cc4c([nH]c5ccccc45)C(c4ccc(C)cc4)N3C2=O)cc1. The minimum atomic E-state index is -0.707. The van der Waals surface area contributed by atoms with Crippen LogP contribution >= 0.6 is 0 Å². The number of anilines is 1. The van der Waals surface area contributed by atoms with Crippen molar-refractivity contribution < 1.29 is 19.1 Å². The monoisotopic (exact) mass is 570 g/mol. The first-order valence-corrected chi connectivity index (χ1v) is 14.3. The Morgan fingerprint density at radius 1 is 0.930 bits per heavy atom. The molecular weight excluding hydrogens is 540 g/mol. The van der Waals surface area contributed by atoms with Gasteiger partial charge in [0.15, 0.2) is 0 Å². The summed E-state index contributed by atoms with van der Waals surface area (Å²) in [7, 11) is 1.60. The first-order valence-electron chi connectivity index (χ1n) is 14.3. The van der Waals surface area contributed by atoms with Gasteiger partial charge < -0.3 is 15.0 Å². The molecule has 1 fully saturated rings. The molecule has 5 aromatic rings. The average molecular weight is 571 g/mol. The Morgan fingerprint density at radius 3 is 2.42 bits per heavy atom. The molecule has 4 amide bonds. The molecule has 0 saturated carbocycles. The van der Waals surface area contributed by atoms with E-state index in [9.17, 15) is 14.4 Å². The van der Waals surface area contributed by atoms with Crippen LogP contribution in [0.25, 0.3) is 10.9 Å². The van der Waals surface area contributed by atoms with Crippen LogP contribution in [0.15, 0.2) is 97.1 Å². The summed E-state index contributed by atoms with van der Waals surface area (Å²) < 4.78 is 5.21. The van der Waals surface area contributed by atoms with Gasteiger partial charge in [0.2, 0.25) is 0 Å². The van der Waals surface area contributed by atoms with E-state index in [4.69, 9.17) is 4.74 Å². The number of rotatable bonds is 6. The number of nitrogens with zero attached hydrogens (tertiary/aromatic N) is 2. The number of carbonyl (C=O) groups is 3. The van der Waals surface area contributed by atoms with E-state index in [0.717, 1.165) is 44.6 Å². The van der Waals surface area contributed by atoms with E-state index in [0.29, 0.717) is 6.42 Å². The zero-order valence-electron chi connectivity index (χ0n) is 23.8. The van der Waals surface area contributed by atoms with Crippen molar-refractivity contribution in [1.29, 1.82) is 0 Å². The predicted molar refractivity (Wildman–Crippen MR) is 164 cm³/mol. The third-order valence-electron chi connectivity index (χ3n) is 8.44. The molecule has 2 aliphatic rings. The molecule has 0 aliphatic carbocycles. The van der Waals surface area contributed by atoms with Gasteiger partial charge in [0, 0.05) is 29.6 Å². The maximum atomic E-state index is 14.3. The molecule has 0 spiro atoms. The molecule has 1 saturated heterocycles. The summed E-state index contributed by atoms with van der Waals surface area (Å²) in [5.41, 5.74) is 6.37. The molecule has 8 nitrogen and oxygen atoms in total. The number of amides is 4. The minimum absolute atomic E-state index is 0.258. The minimum Gasteiger partial charge on any atom is -0.497 e. The van der Waals surface area contributed by atoms with E-state index in [1.165, 1.54) is 4.90 Å². The van der Waals surface area contributed by atoms with Gasteiger partial charge in [0.05, 0.1) is 18.4 Å². The van der Waals surface area contributed by atoms with Gasteiger partial charge in [-0.05, 0) is 53.9 Å². The molecule has 43 heavy (non-hydrogen) atoms. The van der Waals surface area contributed by atoms with Crippen LogP contribution in [0.4, 0.5) is 10.5 Å². The molecule has 2 atom stereocenters. The third kappa shape index (κ3) is 4.43. The zero-order chi connectivity index (χ0) is 29.7. The fourth-order valence-electron chi connectivity index (χ4n) is 6.27. The number of aromatic nitrogens is 1. The number of H-pyrrole nitrogens is 1. The number of fused-ring (bicyclic) bond motifs is 4. The summed E-state index contributed by atoms with van der Waals surface area (Å²) in [6, 6.07) is 28.6. The van der Waals surface area contributed by atoms with Crippen molar-refractivity contribution in [2.45, 2.75) is 32.0 Å². The molecule has 0 radical (unpaired) electrons. The van der Waals surface area contributed by atoms with Crippen LogP contribution in [-0.4, -0.2) is 40.9 Å². The molecule has 7 rings (SSSR count). The summed E-state index contributed by atoms with van der Waals surface area (Å²) in [5, 5.41) is 3.98. The second-order valence-electron chi connectivity index (χ2n) is 11.0. The highest BCUT2D eigenvalue weighted by molar-refractivity contribution is 6.24. The average Bonchev–Trinajstić information content (AvgIpc) is 3.53. The number of nitrogens with one attached hydrogen (secondary N) is 2. The van der Waals surface area contributed by atoms with E-state index < -0.39 is 18.1 Å². The molecule has 8 heteroatoms. The van der Waals surface area contributed by atoms with Gasteiger partial charge in [-0.2, -0.15) is 0 Å². The number of methoxy groups -OCH3 is 1. The summed E-state index contributed by atoms with van der Waals surface area (Å²) in [4.78, 5) is 48.3. The number of imide groups is 1. The molecule has 2 aliphatic heterocycles. The first kappa shape index (κ1) is 26.5. The lowest BCUT2D eigenvalue weighted by Gasteiger charge is -2.36. The number of hydrogen-bond donors (Lipinski definition) is 2. The Bertz CT molecular complexity index is 1880. The number of carbonyl (C=O) groups excluding carboxylic acids is 3. The van der Waals surface area contributed by atoms with Gasteiger partial charge in [-0.15, -0.1) is 0 Å². The Morgan fingerprint density at radius 2 is 1.65 bits per heavy atom. The Labute approximate surface area is 248 Å². The third-order valence-corrected chi connectivity index (χ3v) is 8.44. The highest BCUT2D eigenvalue weighted by Gasteiger charge is 2.53. The summed E-state index contributed by atoms with van der Waals surface area (Å²) in [5.74, 6) is 0.0164. The number of para-hydroxylation sites is 2. The normalized spacial score (nSPS) is 17.6. The molecule has 0 bridgehead atoms. The lowest BCUT2D eigenvalue weighted by Crippen LogP contribution is -2.44. The second-order valence-corrected chi connectivity index (χ2v) is 11.0. The molecule has 3 heterocycles. The van der Waals surface area contributed by atoms with Crippen molar-refractivity contribution in [1.82, 2.24) is 15.2 Å². The standard InChI is InChI=1S/C35H30N4O4/c1-21-11-15-23(16-12-21)32-31-27(25-7-3-5-9-28(25)37-31)19-30-34(41)39(35(42)38(30)32)29-10-6-4-8-26(29)33(40)36-20-22-13-17-24(43-2)18-14-22/h3-18,30,32,37H,19-20H2,1-2H3,(H,36,40)/t30-,32?/m0/s1. The number of benzene rings is 4. The Hall–Kier alpha value is -5.37. The van der Waals surface area contributed by atoms with Gasteiger partial charge in [-0.25, -0.2) is 9.69 Å². The fourth-order valence-corrected chi connectivity index (χ4v) is 6.27. The van der Waals surface area contributed by atoms with E-state index in [1.807, 2.05) is 79.7 Å². The smallest absolute Gasteiger partial charge is 0.332 e. The van der Waals surface area contributed by atoms with Gasteiger partial charge >= 0.3 is 6.03 Å². The van der Waals surface area contributed by atoms with Crippen molar-refractivity contribution in [3.8, 4) is 5.75 Å². The first-order chi connectivity index (χ1) is 20.9. The van der Waals surface area contributed by atoms with Crippen LogP contribution in [0.5, 0.6) is 5.75 Å². The van der Waals surface area contributed by atoms with Gasteiger partial charge in [0.25, 0.3) is 11.8 Å². The number of ether oxygens (including phenoxy) is 1. The zero-order valence-corrected chi connectivity index (χ0v) is 23.8. The molecule has 214 valence electrons. The maximum absolute atomic E-state index is 14.3. The highest BCUT2D eigenvalue weighted by atomic mass is 16.5. The highest BCUT2D eigenvalue weighted by Crippen LogP contribution is 2.45. The number of aromatic amines is 1. The lowest BCUT2D eigenvalue weighted by atomic mass is 9.88. The Balaban J connectivity index is 1.25. The summed E-state index contributed by atoms with van der Waals surface area (Å²) in [6.07, 6.45) is 0.384. The molecule has 1 unspecified atom stereocenters. The van der Waals surface area contributed by atoms with Gasteiger partial charge in [-0.1, -0.05) is 72.3 Å². The number of urea groups is 1. The van der Waals surface area contributed by atoms with Crippen molar-refractivity contribution >= 4 is 34.4 Å². The largest absolute Gasteiger partial charge is 0.497 e. The molecule has 2 N–H and O–H groups in total. The van der Waals surface area contributed by atoms with Gasteiger partial charge in [0.1, 0.15) is 17.8 Å². The summed E-state index contributed by atoms with van der Waals surface area (Å²) in [6.45, 7) is 2.30. The topological polar surface area (TPSA) is 94.7 Å². The van der Waals surface area contributed by atoms with Crippen molar-refractivity contribution in [3.63, 3.8) is 0 Å². The second kappa shape index (κ2) is 10.5. The quantitative estimate of drug-likeness (QED) is 0.249. The van der Waals surface area contributed by atoms with Crippen LogP contribution in [0.3, 0.4) is 0 Å².